The van der Waals surface area contributed by atoms with Gasteiger partial charge in [0.15, 0.2) is 0 Å². The second kappa shape index (κ2) is 5.25. The Balaban J connectivity index is 2.08. The van der Waals surface area contributed by atoms with Crippen LogP contribution in [0.5, 0.6) is 0 Å². The molecule has 1 fully saturated rings. The number of halogens is 1. The first kappa shape index (κ1) is 13.9. The Hall–Kier alpha value is -1.49. The molecule has 0 saturated heterocycles. The standard InChI is InChI=1S/C14H19FN2O2/c1-14(2)8-4-7-12(14)16-9-10-5-3-6-11(13(10)15)17(18)19/h3,5-6,12,16H,4,7-9H2,1-2H3. The Kier molecular flexibility index (Phi) is 3.85. The van der Waals surface area contributed by atoms with Crippen LogP contribution in [0.3, 0.4) is 0 Å². The number of hydrogen-bond donors (Lipinski definition) is 1. The quantitative estimate of drug-likeness (QED) is 0.671. The SMILES string of the molecule is CC1(C)CCCC1NCc1cccc([N+](=O)[O-])c1F. The summed E-state index contributed by atoms with van der Waals surface area (Å²) in [7, 11) is 0. The van der Waals surface area contributed by atoms with Crippen LogP contribution in [0.25, 0.3) is 0 Å². The molecule has 1 aromatic carbocycles. The molecule has 104 valence electrons. The van der Waals surface area contributed by atoms with Gasteiger partial charge in [-0.25, -0.2) is 0 Å². The van der Waals surface area contributed by atoms with Crippen LogP contribution >= 0.6 is 0 Å². The molecule has 2 rings (SSSR count). The van der Waals surface area contributed by atoms with Crippen LogP contribution in [0.2, 0.25) is 0 Å². The molecule has 1 aliphatic carbocycles. The van der Waals surface area contributed by atoms with E-state index < -0.39 is 16.4 Å². The summed E-state index contributed by atoms with van der Waals surface area (Å²) in [6.45, 7) is 4.73. The van der Waals surface area contributed by atoms with E-state index in [2.05, 4.69) is 19.2 Å². The minimum absolute atomic E-state index is 0.206. The number of hydrogen-bond acceptors (Lipinski definition) is 3. The Labute approximate surface area is 112 Å². The van der Waals surface area contributed by atoms with Gasteiger partial charge in [-0.3, -0.25) is 10.1 Å². The normalized spacial score (nSPS) is 21.5. The van der Waals surface area contributed by atoms with Crippen LogP contribution in [0.4, 0.5) is 10.1 Å². The van der Waals surface area contributed by atoms with E-state index in [1.54, 1.807) is 6.07 Å². The van der Waals surface area contributed by atoms with Gasteiger partial charge in [0, 0.05) is 24.2 Å². The van der Waals surface area contributed by atoms with Crippen molar-refractivity contribution in [2.45, 2.75) is 45.7 Å². The Bertz CT molecular complexity index is 488. The highest BCUT2D eigenvalue weighted by Crippen LogP contribution is 2.37. The van der Waals surface area contributed by atoms with Gasteiger partial charge in [0.25, 0.3) is 0 Å². The molecule has 1 saturated carbocycles. The zero-order valence-corrected chi connectivity index (χ0v) is 11.3. The first-order valence-corrected chi connectivity index (χ1v) is 6.57. The van der Waals surface area contributed by atoms with E-state index >= 15 is 0 Å². The molecule has 0 bridgehead atoms. The molecule has 4 nitrogen and oxygen atoms in total. The van der Waals surface area contributed by atoms with Gasteiger partial charge >= 0.3 is 5.69 Å². The van der Waals surface area contributed by atoms with Crippen molar-refractivity contribution in [3.63, 3.8) is 0 Å². The topological polar surface area (TPSA) is 55.2 Å². The third-order valence-corrected chi connectivity index (χ3v) is 4.05. The monoisotopic (exact) mass is 266 g/mol. The summed E-state index contributed by atoms with van der Waals surface area (Å²) in [6.07, 6.45) is 3.40. The van der Waals surface area contributed by atoms with Gasteiger partial charge in [-0.2, -0.15) is 4.39 Å². The molecular weight excluding hydrogens is 247 g/mol. The second-order valence-electron chi connectivity index (χ2n) is 5.82. The lowest BCUT2D eigenvalue weighted by Crippen LogP contribution is -2.37. The van der Waals surface area contributed by atoms with Gasteiger partial charge in [-0.1, -0.05) is 32.4 Å². The highest BCUT2D eigenvalue weighted by molar-refractivity contribution is 5.36. The van der Waals surface area contributed by atoms with E-state index in [4.69, 9.17) is 0 Å². The minimum Gasteiger partial charge on any atom is -0.309 e. The number of nitro groups is 1. The maximum Gasteiger partial charge on any atom is 0.305 e. The van der Waals surface area contributed by atoms with E-state index in [9.17, 15) is 14.5 Å². The summed E-state index contributed by atoms with van der Waals surface area (Å²) in [4.78, 5) is 10.0. The fourth-order valence-corrected chi connectivity index (χ4v) is 2.78. The van der Waals surface area contributed by atoms with Gasteiger partial charge in [0.1, 0.15) is 0 Å². The molecule has 1 aliphatic rings. The van der Waals surface area contributed by atoms with Crippen LogP contribution in [0, 0.1) is 21.3 Å². The first-order chi connectivity index (χ1) is 8.92. The van der Waals surface area contributed by atoms with Gasteiger partial charge in [0.2, 0.25) is 5.82 Å². The summed E-state index contributed by atoms with van der Waals surface area (Å²) >= 11 is 0. The fourth-order valence-electron chi connectivity index (χ4n) is 2.78. The molecule has 19 heavy (non-hydrogen) atoms. The van der Waals surface area contributed by atoms with E-state index in [1.807, 2.05) is 0 Å². The predicted molar refractivity (Wildman–Crippen MR) is 71.3 cm³/mol. The fraction of sp³-hybridized carbons (Fsp3) is 0.571. The zero-order chi connectivity index (χ0) is 14.0. The Morgan fingerprint density at radius 3 is 2.84 bits per heavy atom. The van der Waals surface area contributed by atoms with Crippen LogP contribution in [-0.2, 0) is 6.54 Å². The van der Waals surface area contributed by atoms with E-state index in [1.165, 1.54) is 18.6 Å². The molecule has 5 heteroatoms. The van der Waals surface area contributed by atoms with Gasteiger partial charge < -0.3 is 5.32 Å². The van der Waals surface area contributed by atoms with E-state index in [0.717, 1.165) is 12.8 Å². The van der Waals surface area contributed by atoms with Crippen molar-refractivity contribution in [3.05, 3.63) is 39.7 Å². The summed E-state index contributed by atoms with van der Waals surface area (Å²) in [5.41, 5.74) is 0.110. The van der Waals surface area contributed by atoms with Crippen LogP contribution < -0.4 is 5.32 Å². The molecule has 0 spiro atoms. The predicted octanol–water partition coefficient (Wildman–Crippen LogP) is 3.40. The van der Waals surface area contributed by atoms with E-state index in [-0.39, 0.29) is 5.41 Å². The average molecular weight is 266 g/mol. The summed E-state index contributed by atoms with van der Waals surface area (Å²) in [5, 5.41) is 14.0. The third kappa shape index (κ3) is 2.92. The second-order valence-corrected chi connectivity index (χ2v) is 5.82. The lowest BCUT2D eigenvalue weighted by Gasteiger charge is -2.28. The maximum atomic E-state index is 13.9. The zero-order valence-electron chi connectivity index (χ0n) is 11.3. The summed E-state index contributed by atoms with van der Waals surface area (Å²) < 4.78 is 13.9. The lowest BCUT2D eigenvalue weighted by atomic mass is 9.87. The van der Waals surface area contributed by atoms with Crippen molar-refractivity contribution in [2.75, 3.05) is 0 Å². The lowest BCUT2D eigenvalue weighted by molar-refractivity contribution is -0.387. The number of rotatable bonds is 4. The molecule has 1 aromatic rings. The van der Waals surface area contributed by atoms with Crippen LogP contribution in [-0.4, -0.2) is 11.0 Å². The molecule has 1 N–H and O–H groups in total. The van der Waals surface area contributed by atoms with Gasteiger partial charge in [-0.05, 0) is 18.3 Å². The first-order valence-electron chi connectivity index (χ1n) is 6.57. The van der Waals surface area contributed by atoms with Gasteiger partial charge in [0.05, 0.1) is 4.92 Å². The third-order valence-electron chi connectivity index (χ3n) is 4.05. The van der Waals surface area contributed by atoms with Crippen molar-refractivity contribution in [2.24, 2.45) is 5.41 Å². The number of benzene rings is 1. The van der Waals surface area contributed by atoms with E-state index in [0.29, 0.717) is 18.2 Å². The smallest absolute Gasteiger partial charge is 0.305 e. The molecule has 0 amide bonds. The molecule has 1 atom stereocenters. The number of nitrogens with zero attached hydrogens (tertiary/aromatic N) is 1. The highest BCUT2D eigenvalue weighted by Gasteiger charge is 2.34. The Morgan fingerprint density at radius 1 is 1.53 bits per heavy atom. The molecule has 0 aliphatic heterocycles. The minimum atomic E-state index is -0.726. The Morgan fingerprint density at radius 2 is 2.26 bits per heavy atom. The molecular formula is C14H19FN2O2. The molecule has 0 aromatic heterocycles. The summed E-state index contributed by atoms with van der Waals surface area (Å²) in [6, 6.07) is 4.65. The average Bonchev–Trinajstić information content (AvgIpc) is 2.67. The highest BCUT2D eigenvalue weighted by atomic mass is 19.1. The van der Waals surface area contributed by atoms with Crippen LogP contribution in [0.15, 0.2) is 18.2 Å². The number of nitro benzene ring substituents is 1. The van der Waals surface area contributed by atoms with Crippen molar-refractivity contribution in [1.29, 1.82) is 0 Å². The number of nitrogens with one attached hydrogen (secondary N) is 1. The molecule has 1 unspecified atom stereocenters. The van der Waals surface area contributed by atoms with Crippen LogP contribution in [0.1, 0.15) is 38.7 Å². The molecule has 0 heterocycles. The van der Waals surface area contributed by atoms with Crippen molar-refractivity contribution >= 4 is 5.69 Å². The van der Waals surface area contributed by atoms with Gasteiger partial charge in [-0.15, -0.1) is 0 Å². The van der Waals surface area contributed by atoms with Crippen molar-refractivity contribution in [3.8, 4) is 0 Å². The van der Waals surface area contributed by atoms with Crippen molar-refractivity contribution in [1.82, 2.24) is 5.32 Å². The maximum absolute atomic E-state index is 13.9. The largest absolute Gasteiger partial charge is 0.309 e. The van der Waals surface area contributed by atoms with Crippen molar-refractivity contribution < 1.29 is 9.31 Å². The summed E-state index contributed by atoms with van der Waals surface area (Å²) in [5.74, 6) is -0.726. The molecule has 0 radical (unpaired) electrons.